The highest BCUT2D eigenvalue weighted by atomic mass is 16.6. The van der Waals surface area contributed by atoms with E-state index in [1.54, 1.807) is 7.11 Å². The molecule has 0 aromatic heterocycles. The van der Waals surface area contributed by atoms with Crippen LogP contribution in [0, 0.1) is 0 Å². The summed E-state index contributed by atoms with van der Waals surface area (Å²) >= 11 is 0. The van der Waals surface area contributed by atoms with Crippen molar-refractivity contribution in [3.05, 3.63) is 12.2 Å². The number of ketones is 1. The molecule has 0 aliphatic carbocycles. The SMILES string of the molecule is CCCCCCCC(C/C=C\CCCCCCCC(=O)OC(C(C)=O)C(O)C(=O)O)OC. The highest BCUT2D eigenvalue weighted by Crippen LogP contribution is 2.13. The van der Waals surface area contributed by atoms with Crippen molar-refractivity contribution in [2.75, 3.05) is 7.11 Å². The quantitative estimate of drug-likeness (QED) is 0.142. The third-order valence-electron chi connectivity index (χ3n) is 5.48. The van der Waals surface area contributed by atoms with Gasteiger partial charge in [-0.25, -0.2) is 4.79 Å². The molecule has 0 radical (unpaired) electrons. The molecule has 0 saturated carbocycles. The van der Waals surface area contributed by atoms with Crippen molar-refractivity contribution in [1.82, 2.24) is 0 Å². The molecule has 0 aromatic carbocycles. The van der Waals surface area contributed by atoms with E-state index in [1.165, 1.54) is 32.1 Å². The summed E-state index contributed by atoms with van der Waals surface area (Å²) in [6.45, 7) is 3.31. The Labute approximate surface area is 193 Å². The van der Waals surface area contributed by atoms with E-state index in [0.29, 0.717) is 12.5 Å². The van der Waals surface area contributed by atoms with Crippen molar-refractivity contribution in [1.29, 1.82) is 0 Å². The van der Waals surface area contributed by atoms with Crippen molar-refractivity contribution in [2.45, 2.75) is 122 Å². The van der Waals surface area contributed by atoms with Crippen molar-refractivity contribution in [2.24, 2.45) is 0 Å². The fraction of sp³-hybridized carbons (Fsp3) is 0.800. The van der Waals surface area contributed by atoms with E-state index in [2.05, 4.69) is 19.1 Å². The summed E-state index contributed by atoms with van der Waals surface area (Å²) < 4.78 is 10.4. The van der Waals surface area contributed by atoms with Gasteiger partial charge in [0.25, 0.3) is 0 Å². The first-order valence-electron chi connectivity index (χ1n) is 12.1. The highest BCUT2D eigenvalue weighted by Gasteiger charge is 2.32. The summed E-state index contributed by atoms with van der Waals surface area (Å²) in [5.74, 6) is -2.94. The Bertz CT molecular complexity index is 544. The Balaban J connectivity index is 3.78. The normalized spacial score (nSPS) is 14.2. The lowest BCUT2D eigenvalue weighted by atomic mass is 10.1. The minimum atomic E-state index is -2.03. The lowest BCUT2D eigenvalue weighted by Gasteiger charge is -2.17. The number of carboxylic acid groups (broad SMARTS) is 1. The number of carbonyl (C=O) groups excluding carboxylic acids is 2. The predicted molar refractivity (Wildman–Crippen MR) is 124 cm³/mol. The third kappa shape index (κ3) is 16.0. The van der Waals surface area contributed by atoms with Gasteiger partial charge in [0.15, 0.2) is 18.0 Å². The minimum Gasteiger partial charge on any atom is -0.479 e. The second kappa shape index (κ2) is 19.9. The zero-order valence-electron chi connectivity index (χ0n) is 20.2. The lowest BCUT2D eigenvalue weighted by molar-refractivity contribution is -0.170. The maximum absolute atomic E-state index is 11.8. The molecule has 2 N–H and O–H groups in total. The van der Waals surface area contributed by atoms with Crippen molar-refractivity contribution >= 4 is 17.7 Å². The molecule has 0 fully saturated rings. The van der Waals surface area contributed by atoms with Gasteiger partial charge in [0.1, 0.15) is 0 Å². The largest absolute Gasteiger partial charge is 0.479 e. The number of rotatable bonds is 21. The molecule has 32 heavy (non-hydrogen) atoms. The topological polar surface area (TPSA) is 110 Å². The summed E-state index contributed by atoms with van der Waals surface area (Å²) in [6.07, 6.45) is 15.3. The molecule has 0 aliphatic heterocycles. The molecule has 3 unspecified atom stereocenters. The molecule has 0 rings (SSSR count). The van der Waals surface area contributed by atoms with Crippen LogP contribution in [0.15, 0.2) is 12.2 Å². The smallest absolute Gasteiger partial charge is 0.336 e. The van der Waals surface area contributed by atoms with Gasteiger partial charge in [0, 0.05) is 13.5 Å². The lowest BCUT2D eigenvalue weighted by Crippen LogP contribution is -2.42. The Morgan fingerprint density at radius 1 is 0.906 bits per heavy atom. The second-order valence-corrected chi connectivity index (χ2v) is 8.38. The number of allylic oxidation sites excluding steroid dienone is 1. The number of carbonyl (C=O) groups is 3. The summed E-state index contributed by atoms with van der Waals surface area (Å²) in [5, 5.41) is 18.2. The van der Waals surface area contributed by atoms with Crippen LogP contribution in [0.4, 0.5) is 0 Å². The van der Waals surface area contributed by atoms with Crippen LogP contribution in [-0.4, -0.2) is 53.4 Å². The average molecular weight is 457 g/mol. The molecule has 0 aliphatic rings. The zero-order valence-corrected chi connectivity index (χ0v) is 20.2. The van der Waals surface area contributed by atoms with E-state index in [1.807, 2.05) is 0 Å². The van der Waals surface area contributed by atoms with E-state index >= 15 is 0 Å². The van der Waals surface area contributed by atoms with Crippen molar-refractivity contribution < 1.29 is 34.1 Å². The van der Waals surface area contributed by atoms with Gasteiger partial charge in [0.05, 0.1) is 6.10 Å². The van der Waals surface area contributed by atoms with Crippen LogP contribution >= 0.6 is 0 Å². The molecule has 0 aromatic rings. The van der Waals surface area contributed by atoms with Gasteiger partial charge in [-0.15, -0.1) is 0 Å². The van der Waals surface area contributed by atoms with E-state index in [4.69, 9.17) is 14.6 Å². The molecule has 7 heteroatoms. The number of aliphatic carboxylic acids is 1. The van der Waals surface area contributed by atoms with Gasteiger partial charge < -0.3 is 19.7 Å². The molecule has 186 valence electrons. The second-order valence-electron chi connectivity index (χ2n) is 8.38. The molecular weight excluding hydrogens is 412 g/mol. The van der Waals surface area contributed by atoms with E-state index < -0.39 is 29.9 Å². The third-order valence-corrected chi connectivity index (χ3v) is 5.48. The molecule has 0 heterocycles. The van der Waals surface area contributed by atoms with Crippen LogP contribution in [0.2, 0.25) is 0 Å². The zero-order chi connectivity index (χ0) is 24.2. The van der Waals surface area contributed by atoms with Crippen LogP contribution in [0.25, 0.3) is 0 Å². The highest BCUT2D eigenvalue weighted by molar-refractivity contribution is 5.89. The van der Waals surface area contributed by atoms with Gasteiger partial charge in [0.2, 0.25) is 0 Å². The van der Waals surface area contributed by atoms with Gasteiger partial charge in [-0.2, -0.15) is 0 Å². The Morgan fingerprint density at radius 3 is 2.16 bits per heavy atom. The summed E-state index contributed by atoms with van der Waals surface area (Å²) in [5.41, 5.74) is 0. The number of esters is 1. The van der Waals surface area contributed by atoms with E-state index in [9.17, 15) is 19.5 Å². The Hall–Kier alpha value is -1.73. The van der Waals surface area contributed by atoms with Crippen molar-refractivity contribution in [3.63, 3.8) is 0 Å². The maximum atomic E-state index is 11.8. The number of carboxylic acids is 1. The first-order valence-corrected chi connectivity index (χ1v) is 12.1. The first-order chi connectivity index (χ1) is 15.3. The van der Waals surface area contributed by atoms with Gasteiger partial charge in [-0.3, -0.25) is 9.59 Å². The van der Waals surface area contributed by atoms with E-state index in [0.717, 1.165) is 51.9 Å². The summed E-state index contributed by atoms with van der Waals surface area (Å²) in [6, 6.07) is 0. The van der Waals surface area contributed by atoms with Gasteiger partial charge in [-0.05, 0) is 39.0 Å². The molecule has 0 amide bonds. The predicted octanol–water partition coefficient (Wildman–Crippen LogP) is 4.99. The monoisotopic (exact) mass is 456 g/mol. The fourth-order valence-electron chi connectivity index (χ4n) is 3.43. The standard InChI is InChI=1S/C25H44O7/c1-4-5-6-11-14-17-21(31-3)18-15-12-9-7-8-10-13-16-19-22(27)32-24(20(2)26)23(28)25(29)30/h12,15,21,23-24,28H,4-11,13-14,16-19H2,1-3H3,(H,29,30)/b15-12-. The van der Waals surface area contributed by atoms with Crippen LogP contribution in [-0.2, 0) is 23.9 Å². The number of hydrogen-bond donors (Lipinski definition) is 2. The number of hydrogen-bond acceptors (Lipinski definition) is 6. The van der Waals surface area contributed by atoms with Crippen LogP contribution in [0.5, 0.6) is 0 Å². The number of aliphatic hydroxyl groups is 1. The van der Waals surface area contributed by atoms with Crippen LogP contribution in [0.1, 0.15) is 104 Å². The number of unbranched alkanes of at least 4 members (excludes halogenated alkanes) is 9. The number of ether oxygens (including phenoxy) is 2. The first kappa shape index (κ1) is 30.3. The maximum Gasteiger partial charge on any atom is 0.336 e. The molecule has 7 nitrogen and oxygen atoms in total. The Morgan fingerprint density at radius 2 is 1.53 bits per heavy atom. The van der Waals surface area contributed by atoms with E-state index in [-0.39, 0.29) is 6.42 Å². The van der Waals surface area contributed by atoms with Gasteiger partial charge >= 0.3 is 11.9 Å². The molecule has 3 atom stereocenters. The average Bonchev–Trinajstić information content (AvgIpc) is 2.76. The molecular formula is C25H44O7. The van der Waals surface area contributed by atoms with Crippen LogP contribution < -0.4 is 0 Å². The Kier molecular flexibility index (Phi) is 18.8. The van der Waals surface area contributed by atoms with Gasteiger partial charge in [-0.1, -0.05) is 70.4 Å². The summed E-state index contributed by atoms with van der Waals surface area (Å²) in [7, 11) is 1.79. The van der Waals surface area contributed by atoms with Crippen molar-refractivity contribution in [3.8, 4) is 0 Å². The molecule has 0 bridgehead atoms. The number of Topliss-reactive ketones (excluding diaryl/α,β-unsaturated/α-hetero) is 1. The number of aliphatic hydroxyl groups excluding tert-OH is 1. The number of methoxy groups -OCH3 is 1. The van der Waals surface area contributed by atoms with Crippen LogP contribution in [0.3, 0.4) is 0 Å². The minimum absolute atomic E-state index is 0.104. The molecule has 0 spiro atoms. The summed E-state index contributed by atoms with van der Waals surface area (Å²) in [4.78, 5) is 33.9. The fourth-order valence-corrected chi connectivity index (χ4v) is 3.43. The molecule has 0 saturated heterocycles.